The lowest BCUT2D eigenvalue weighted by Crippen LogP contribution is -2.91. The fraction of sp³-hybridized carbons (Fsp3) is 0.421. The van der Waals surface area contributed by atoms with Crippen LogP contribution in [0.5, 0.6) is 0 Å². The van der Waals surface area contributed by atoms with Crippen LogP contribution in [0, 0.1) is 12.7 Å². The zero-order valence-corrected chi connectivity index (χ0v) is 15.4. The molecule has 0 bridgehead atoms. The van der Waals surface area contributed by atoms with Gasteiger partial charge in [-0.2, -0.15) is 0 Å². The Labute approximate surface area is 147 Å². The van der Waals surface area contributed by atoms with Gasteiger partial charge >= 0.3 is 0 Å². The van der Waals surface area contributed by atoms with Crippen LogP contribution in [-0.2, 0) is 17.9 Å². The Bertz CT molecular complexity index is 654. The number of benzene rings is 1. The van der Waals surface area contributed by atoms with Gasteiger partial charge in [-0.25, -0.2) is 4.39 Å². The predicted octanol–water partition coefficient (Wildman–Crippen LogP) is 3.09. The van der Waals surface area contributed by atoms with Crippen LogP contribution in [0.2, 0.25) is 0 Å². The van der Waals surface area contributed by atoms with Crippen molar-refractivity contribution in [3.05, 3.63) is 57.5 Å². The van der Waals surface area contributed by atoms with E-state index in [1.807, 2.05) is 4.90 Å². The van der Waals surface area contributed by atoms with Crippen molar-refractivity contribution in [1.29, 1.82) is 0 Å². The molecule has 0 saturated heterocycles. The average Bonchev–Trinajstić information content (AvgIpc) is 2.98. The summed E-state index contributed by atoms with van der Waals surface area (Å²) in [5.41, 5.74) is 2.16. The van der Waals surface area contributed by atoms with Crippen LogP contribution in [0.3, 0.4) is 0 Å². The van der Waals surface area contributed by atoms with Gasteiger partial charge in [-0.15, -0.1) is 11.3 Å². The van der Waals surface area contributed by atoms with E-state index < -0.39 is 0 Å². The van der Waals surface area contributed by atoms with Gasteiger partial charge in [-0.1, -0.05) is 19.1 Å². The summed E-state index contributed by atoms with van der Waals surface area (Å²) in [5.74, 6) is -0.136. The second-order valence-corrected chi connectivity index (χ2v) is 7.23. The zero-order chi connectivity index (χ0) is 17.5. The van der Waals surface area contributed by atoms with Crippen LogP contribution in [-0.4, -0.2) is 23.4 Å². The summed E-state index contributed by atoms with van der Waals surface area (Å²) in [6.45, 7) is 7.87. The quantitative estimate of drug-likeness (QED) is 0.781. The van der Waals surface area contributed by atoms with Gasteiger partial charge in [0.05, 0.1) is 12.6 Å². The highest BCUT2D eigenvalue weighted by Crippen LogP contribution is 2.19. The number of amides is 1. The maximum Gasteiger partial charge on any atom is 0.278 e. The third kappa shape index (κ3) is 5.42. The van der Waals surface area contributed by atoms with E-state index in [1.165, 1.54) is 22.6 Å². The first kappa shape index (κ1) is 18.6. The van der Waals surface area contributed by atoms with E-state index in [-0.39, 0.29) is 11.7 Å². The third-order valence-electron chi connectivity index (χ3n) is 4.28. The molecule has 0 unspecified atom stereocenters. The van der Waals surface area contributed by atoms with Gasteiger partial charge in [-0.05, 0) is 55.0 Å². The number of nitrogens with two attached hydrogens (primary N) is 1. The lowest BCUT2D eigenvalue weighted by molar-refractivity contribution is -0.676. The SMILES string of the molecule is CC[C@H](C)[NH2+]CC(=O)N(Cc1ccc(F)cc1)Cc1sccc1C. The highest BCUT2D eigenvalue weighted by atomic mass is 32.1. The standard InChI is InChI=1S/C19H25FN2OS/c1-4-15(3)21-11-19(23)22(13-18-14(2)9-10-24-18)12-16-5-7-17(20)8-6-16/h5-10,15,21H,4,11-13H2,1-3H3/p+1/t15-/m0/s1. The number of carbonyl (C=O) groups is 1. The average molecular weight is 349 g/mol. The zero-order valence-electron chi connectivity index (χ0n) is 14.6. The predicted molar refractivity (Wildman–Crippen MR) is 96.3 cm³/mol. The minimum atomic E-state index is -0.254. The van der Waals surface area contributed by atoms with Crippen molar-refractivity contribution >= 4 is 17.2 Å². The molecule has 0 aliphatic rings. The maximum absolute atomic E-state index is 13.1. The van der Waals surface area contributed by atoms with Crippen molar-refractivity contribution in [3.63, 3.8) is 0 Å². The molecule has 3 nitrogen and oxygen atoms in total. The van der Waals surface area contributed by atoms with Gasteiger partial charge in [0.2, 0.25) is 0 Å². The van der Waals surface area contributed by atoms with E-state index in [1.54, 1.807) is 23.5 Å². The van der Waals surface area contributed by atoms with Gasteiger partial charge in [0.25, 0.3) is 5.91 Å². The molecular weight excluding hydrogens is 323 g/mol. The minimum absolute atomic E-state index is 0.118. The topological polar surface area (TPSA) is 36.9 Å². The Balaban J connectivity index is 2.09. The first-order chi connectivity index (χ1) is 11.5. The number of hydrogen-bond donors (Lipinski definition) is 1. The van der Waals surface area contributed by atoms with Gasteiger partial charge in [0.1, 0.15) is 5.82 Å². The Morgan fingerprint density at radius 3 is 2.54 bits per heavy atom. The highest BCUT2D eigenvalue weighted by molar-refractivity contribution is 7.10. The lowest BCUT2D eigenvalue weighted by Gasteiger charge is -2.23. The summed E-state index contributed by atoms with van der Waals surface area (Å²) in [5, 5.41) is 4.14. The van der Waals surface area contributed by atoms with Crippen molar-refractivity contribution in [2.24, 2.45) is 0 Å². The van der Waals surface area contributed by atoms with Crippen molar-refractivity contribution in [3.8, 4) is 0 Å². The first-order valence-corrected chi connectivity index (χ1v) is 9.26. The van der Waals surface area contributed by atoms with Crippen molar-refractivity contribution in [2.45, 2.75) is 46.3 Å². The fourth-order valence-corrected chi connectivity index (χ4v) is 3.30. The molecule has 2 N–H and O–H groups in total. The summed E-state index contributed by atoms with van der Waals surface area (Å²) in [7, 11) is 0. The van der Waals surface area contributed by atoms with E-state index in [4.69, 9.17) is 0 Å². The molecule has 130 valence electrons. The molecule has 2 aromatic rings. The molecule has 5 heteroatoms. The molecule has 1 aromatic heterocycles. The molecule has 0 aliphatic heterocycles. The molecule has 24 heavy (non-hydrogen) atoms. The van der Waals surface area contributed by atoms with Gasteiger partial charge < -0.3 is 10.2 Å². The molecule has 1 amide bonds. The second-order valence-electron chi connectivity index (χ2n) is 6.23. The van der Waals surface area contributed by atoms with Crippen LogP contribution in [0.1, 0.15) is 36.3 Å². The van der Waals surface area contributed by atoms with E-state index in [0.717, 1.165) is 12.0 Å². The van der Waals surface area contributed by atoms with Crippen molar-refractivity contribution in [2.75, 3.05) is 6.54 Å². The summed E-state index contributed by atoms with van der Waals surface area (Å²) in [6.07, 6.45) is 1.04. The minimum Gasteiger partial charge on any atom is -0.336 e. The summed E-state index contributed by atoms with van der Waals surface area (Å²) in [6, 6.07) is 8.89. The van der Waals surface area contributed by atoms with Gasteiger partial charge in [0, 0.05) is 11.4 Å². The van der Waals surface area contributed by atoms with Crippen LogP contribution in [0.25, 0.3) is 0 Å². The number of nitrogens with zero attached hydrogens (tertiary/aromatic N) is 1. The number of hydrogen-bond acceptors (Lipinski definition) is 2. The largest absolute Gasteiger partial charge is 0.336 e. The lowest BCUT2D eigenvalue weighted by atomic mass is 10.2. The van der Waals surface area contributed by atoms with E-state index in [9.17, 15) is 9.18 Å². The third-order valence-corrected chi connectivity index (χ3v) is 5.29. The number of halogens is 1. The normalized spacial score (nSPS) is 12.2. The van der Waals surface area contributed by atoms with Crippen molar-refractivity contribution in [1.82, 2.24) is 4.90 Å². The highest BCUT2D eigenvalue weighted by Gasteiger charge is 2.18. The van der Waals surface area contributed by atoms with Gasteiger partial charge in [-0.3, -0.25) is 4.79 Å². The molecule has 1 atom stereocenters. The molecule has 2 rings (SSSR count). The monoisotopic (exact) mass is 349 g/mol. The van der Waals surface area contributed by atoms with E-state index in [2.05, 4.69) is 37.5 Å². The Morgan fingerprint density at radius 2 is 1.96 bits per heavy atom. The summed E-state index contributed by atoms with van der Waals surface area (Å²) >= 11 is 1.67. The number of carbonyl (C=O) groups excluding carboxylic acids is 1. The summed E-state index contributed by atoms with van der Waals surface area (Å²) < 4.78 is 13.1. The Morgan fingerprint density at radius 1 is 1.25 bits per heavy atom. The van der Waals surface area contributed by atoms with Crippen LogP contribution >= 0.6 is 11.3 Å². The molecule has 0 saturated carbocycles. The maximum atomic E-state index is 13.1. The smallest absolute Gasteiger partial charge is 0.278 e. The number of aryl methyl sites for hydroxylation is 1. The number of rotatable bonds is 8. The first-order valence-electron chi connectivity index (χ1n) is 8.38. The van der Waals surface area contributed by atoms with Crippen molar-refractivity contribution < 1.29 is 14.5 Å². The Hall–Kier alpha value is -1.72. The Kier molecular flexibility index (Phi) is 6.94. The molecule has 0 spiro atoms. The molecule has 1 aromatic carbocycles. The number of quaternary nitrogens is 1. The molecule has 0 aliphatic carbocycles. The number of thiophene rings is 1. The second kappa shape index (κ2) is 8.94. The van der Waals surface area contributed by atoms with Gasteiger partial charge in [0.15, 0.2) is 6.54 Å². The van der Waals surface area contributed by atoms with Crippen LogP contribution in [0.15, 0.2) is 35.7 Å². The molecular formula is C19H26FN2OS+. The van der Waals surface area contributed by atoms with E-state index in [0.29, 0.717) is 25.7 Å². The summed E-state index contributed by atoms with van der Waals surface area (Å²) in [4.78, 5) is 15.8. The fourth-order valence-electron chi connectivity index (χ4n) is 2.38. The molecule has 0 fully saturated rings. The molecule has 0 radical (unpaired) electrons. The molecule has 1 heterocycles. The van der Waals surface area contributed by atoms with Crippen LogP contribution in [0.4, 0.5) is 4.39 Å². The van der Waals surface area contributed by atoms with Crippen LogP contribution < -0.4 is 5.32 Å². The van der Waals surface area contributed by atoms with E-state index >= 15 is 0 Å².